The molecule has 47 heavy (non-hydrogen) atoms. The van der Waals surface area contributed by atoms with Gasteiger partial charge in [-0.3, -0.25) is 9.59 Å². The lowest BCUT2D eigenvalue weighted by Crippen LogP contribution is -2.54. The second kappa shape index (κ2) is 15.9. The Morgan fingerprint density at radius 2 is 1.40 bits per heavy atom. The number of esters is 1. The van der Waals surface area contributed by atoms with Gasteiger partial charge in [-0.25, -0.2) is 0 Å². The highest BCUT2D eigenvalue weighted by Gasteiger charge is 2.49. The summed E-state index contributed by atoms with van der Waals surface area (Å²) in [6, 6.07) is 0. The highest BCUT2D eigenvalue weighted by Crippen LogP contribution is 2.45. The van der Waals surface area contributed by atoms with Crippen LogP contribution >= 0.6 is 0 Å². The summed E-state index contributed by atoms with van der Waals surface area (Å²) in [4.78, 5) is 27.9. The Bertz CT molecular complexity index is 1040. The van der Waals surface area contributed by atoms with Crippen LogP contribution in [0.1, 0.15) is 130 Å². The molecule has 0 aliphatic carbocycles. The van der Waals surface area contributed by atoms with Gasteiger partial charge in [0.25, 0.3) is 0 Å². The van der Waals surface area contributed by atoms with Crippen LogP contribution in [0, 0.1) is 58.2 Å². The van der Waals surface area contributed by atoms with Crippen molar-refractivity contribution < 1.29 is 38.4 Å². The molecule has 0 saturated carbocycles. The summed E-state index contributed by atoms with van der Waals surface area (Å²) >= 11 is 0. The molecule has 3 saturated heterocycles. The lowest BCUT2D eigenvalue weighted by molar-refractivity contribution is -0.293. The van der Waals surface area contributed by atoms with Crippen molar-refractivity contribution in [3.8, 4) is 0 Å². The zero-order valence-corrected chi connectivity index (χ0v) is 32.4. The Morgan fingerprint density at radius 1 is 0.787 bits per heavy atom. The van der Waals surface area contributed by atoms with Crippen LogP contribution in [0.2, 0.25) is 0 Å². The number of aliphatic hydroxyl groups is 1. The molecule has 0 aromatic heterocycles. The molecule has 0 aromatic carbocycles. The maximum Gasteiger partial charge on any atom is 0.311 e. The summed E-state index contributed by atoms with van der Waals surface area (Å²) in [5.41, 5.74) is -0.539. The average Bonchev–Trinajstić information content (AvgIpc) is 2.98. The largest absolute Gasteiger partial charge is 0.462 e. The number of rotatable bonds is 5. The molecule has 0 radical (unpaired) electrons. The molecule has 3 aliphatic heterocycles. The minimum Gasteiger partial charge on any atom is -0.462 e. The second-order valence-corrected chi connectivity index (χ2v) is 17.5. The molecular formula is C39H70O8. The quantitative estimate of drug-likeness (QED) is 0.297. The third-order valence-corrected chi connectivity index (χ3v) is 12.7. The van der Waals surface area contributed by atoms with E-state index in [1.165, 1.54) is 0 Å². The number of ether oxygens (including phenoxy) is 5. The van der Waals surface area contributed by atoms with Crippen LogP contribution < -0.4 is 0 Å². The lowest BCUT2D eigenvalue weighted by atomic mass is 9.69. The van der Waals surface area contributed by atoms with Gasteiger partial charge in [0.2, 0.25) is 0 Å². The summed E-state index contributed by atoms with van der Waals surface area (Å²) in [7, 11) is 0. The molecule has 2 unspecified atom stereocenters. The van der Waals surface area contributed by atoms with Gasteiger partial charge in [-0.15, -0.1) is 0 Å². The Balaban J connectivity index is 2.13. The molecule has 0 aromatic rings. The van der Waals surface area contributed by atoms with Crippen LogP contribution in [0.4, 0.5) is 0 Å². The fourth-order valence-corrected chi connectivity index (χ4v) is 8.77. The van der Waals surface area contributed by atoms with Crippen molar-refractivity contribution in [1.82, 2.24) is 0 Å². The monoisotopic (exact) mass is 667 g/mol. The maximum absolute atomic E-state index is 14.1. The molecule has 3 heterocycles. The van der Waals surface area contributed by atoms with Gasteiger partial charge in [0, 0.05) is 36.0 Å². The Hall–Kier alpha value is -1.06. The minimum absolute atomic E-state index is 0.00806. The van der Waals surface area contributed by atoms with Crippen LogP contribution in [0.3, 0.4) is 0 Å². The van der Waals surface area contributed by atoms with Crippen molar-refractivity contribution in [3.05, 3.63) is 0 Å². The van der Waals surface area contributed by atoms with Gasteiger partial charge in [-0.1, -0.05) is 83.1 Å². The van der Waals surface area contributed by atoms with Gasteiger partial charge in [0.05, 0.1) is 36.4 Å². The van der Waals surface area contributed by atoms with E-state index in [2.05, 4.69) is 69.2 Å². The van der Waals surface area contributed by atoms with Crippen LogP contribution in [-0.4, -0.2) is 66.1 Å². The predicted octanol–water partition coefficient (Wildman–Crippen LogP) is 7.82. The van der Waals surface area contributed by atoms with Gasteiger partial charge in [-0.2, -0.15) is 0 Å². The predicted molar refractivity (Wildman–Crippen MR) is 184 cm³/mol. The first-order valence-corrected chi connectivity index (χ1v) is 18.7. The van der Waals surface area contributed by atoms with Crippen molar-refractivity contribution in [2.45, 2.75) is 179 Å². The van der Waals surface area contributed by atoms with Gasteiger partial charge >= 0.3 is 5.97 Å². The van der Waals surface area contributed by atoms with Crippen molar-refractivity contribution >= 4 is 11.8 Å². The summed E-state index contributed by atoms with van der Waals surface area (Å²) in [5.74, 6) is -1.72. The van der Waals surface area contributed by atoms with E-state index in [4.69, 9.17) is 23.7 Å². The lowest BCUT2D eigenvalue weighted by Gasteiger charge is -2.49. The van der Waals surface area contributed by atoms with Crippen LogP contribution in [0.15, 0.2) is 0 Å². The minimum atomic E-state index is -0.942. The van der Waals surface area contributed by atoms with Crippen LogP contribution in [0.5, 0.6) is 0 Å². The number of carbonyl (C=O) groups excluding carboxylic acids is 2. The van der Waals surface area contributed by atoms with E-state index in [1.807, 2.05) is 27.7 Å². The van der Waals surface area contributed by atoms with Crippen molar-refractivity contribution in [1.29, 1.82) is 0 Å². The Kier molecular flexibility index (Phi) is 13.6. The molecule has 3 aliphatic rings. The molecule has 3 fully saturated rings. The first-order chi connectivity index (χ1) is 21.6. The Labute approximate surface area is 286 Å². The summed E-state index contributed by atoms with van der Waals surface area (Å²) < 4.78 is 33.1. The second-order valence-electron chi connectivity index (χ2n) is 17.5. The zero-order valence-electron chi connectivity index (χ0n) is 32.4. The maximum atomic E-state index is 14.1. The number of cyclic esters (lactones) is 1. The summed E-state index contributed by atoms with van der Waals surface area (Å²) in [5, 5.41) is 11.4. The van der Waals surface area contributed by atoms with Crippen molar-refractivity contribution in [2.75, 3.05) is 0 Å². The summed E-state index contributed by atoms with van der Waals surface area (Å²) in [6.45, 7) is 31.2. The standard InChI is InChI=1S/C39H70O8/c1-16-30-24(6)33(41)25(7)32(40)21(3)18-39(14,15)35(47-37-23(5)20(2)17-22(4)43-37)26(8)34(27(9)36(42)45-30)46-31-19-38(12,13)28(10)29(11)44-31/h20-31,33-35,37,41H,16-19H2,1-15H3/t20-,21+,22+,23+,24-,25-,26-,27+,28-,29-,30+,31?,33-,34-,35+,37?/m0/s1. The molecule has 3 rings (SSSR count). The SMILES string of the molecule is CC[C@H]1OC(=O)[C@H](C)[C@@H](OC2CC(C)(C)[C@@H](C)[C@H](C)O2)[C@H](C)[C@@H](OC2O[C@H](C)C[C@H](C)[C@H]2C)C(C)(C)C[C@@H](C)C(=O)[C@H](C)[C@@H](O)[C@H]1C. The van der Waals surface area contributed by atoms with Gasteiger partial charge in [0.1, 0.15) is 11.9 Å². The molecule has 16 atom stereocenters. The number of hydrogen-bond donors (Lipinski definition) is 1. The van der Waals surface area contributed by atoms with Crippen molar-refractivity contribution in [3.63, 3.8) is 0 Å². The van der Waals surface area contributed by atoms with Crippen LogP contribution in [-0.2, 0) is 33.3 Å². The normalized spacial score (nSPS) is 47.1. The smallest absolute Gasteiger partial charge is 0.311 e. The van der Waals surface area contributed by atoms with E-state index in [0.29, 0.717) is 31.1 Å². The van der Waals surface area contributed by atoms with E-state index < -0.39 is 60.2 Å². The first kappa shape index (κ1) is 40.4. The number of Topliss-reactive ketones (excluding diaryl/α,β-unsaturated/α-hetero) is 1. The van der Waals surface area contributed by atoms with Gasteiger partial charge in [-0.05, 0) is 62.7 Å². The molecule has 1 N–H and O–H groups in total. The third kappa shape index (κ3) is 9.19. The van der Waals surface area contributed by atoms with Crippen molar-refractivity contribution in [2.24, 2.45) is 58.2 Å². The molecule has 0 amide bonds. The number of hydrogen-bond acceptors (Lipinski definition) is 8. The zero-order chi connectivity index (χ0) is 35.8. The first-order valence-electron chi connectivity index (χ1n) is 18.7. The number of aliphatic hydroxyl groups excluding tert-OH is 1. The molecule has 8 heteroatoms. The molecule has 0 spiro atoms. The van der Waals surface area contributed by atoms with E-state index in [0.717, 1.165) is 6.42 Å². The molecule has 0 bridgehead atoms. The molecule has 274 valence electrons. The van der Waals surface area contributed by atoms with E-state index in [1.54, 1.807) is 6.92 Å². The number of carbonyl (C=O) groups is 2. The van der Waals surface area contributed by atoms with E-state index >= 15 is 0 Å². The molecule has 8 nitrogen and oxygen atoms in total. The Morgan fingerprint density at radius 3 is 1.98 bits per heavy atom. The fraction of sp³-hybridized carbons (Fsp3) is 0.949. The third-order valence-electron chi connectivity index (χ3n) is 12.7. The summed E-state index contributed by atoms with van der Waals surface area (Å²) in [6.07, 6.45) is -0.689. The van der Waals surface area contributed by atoms with E-state index in [9.17, 15) is 14.7 Å². The average molecular weight is 667 g/mol. The topological polar surface area (TPSA) is 101 Å². The highest BCUT2D eigenvalue weighted by atomic mass is 16.7. The van der Waals surface area contributed by atoms with Gasteiger partial charge < -0.3 is 28.8 Å². The highest BCUT2D eigenvalue weighted by molar-refractivity contribution is 5.83. The fourth-order valence-electron chi connectivity index (χ4n) is 8.77. The molecular weight excluding hydrogens is 596 g/mol. The van der Waals surface area contributed by atoms with E-state index in [-0.39, 0.29) is 47.1 Å². The van der Waals surface area contributed by atoms with Crippen LogP contribution in [0.25, 0.3) is 0 Å². The number of ketones is 1. The van der Waals surface area contributed by atoms with Gasteiger partial charge in [0.15, 0.2) is 12.6 Å².